The quantitative estimate of drug-likeness (QED) is 0.391. The molecule has 2 unspecified atom stereocenters. The molecule has 0 aromatic carbocycles. The van der Waals surface area contributed by atoms with Crippen LogP contribution in [0.3, 0.4) is 0 Å². The SMILES string of the molecule is CC(N)N/C=C/NC(C)N. The molecule has 60 valence electrons. The summed E-state index contributed by atoms with van der Waals surface area (Å²) < 4.78 is 0. The number of hydrogen-bond donors (Lipinski definition) is 4. The summed E-state index contributed by atoms with van der Waals surface area (Å²) in [6.07, 6.45) is 3.42. The molecule has 0 fully saturated rings. The van der Waals surface area contributed by atoms with Gasteiger partial charge in [-0.25, -0.2) is 0 Å². The minimum atomic E-state index is -0.0221. The van der Waals surface area contributed by atoms with Crippen LogP contribution in [0.5, 0.6) is 0 Å². The van der Waals surface area contributed by atoms with Crippen LogP contribution in [-0.4, -0.2) is 12.3 Å². The van der Waals surface area contributed by atoms with E-state index in [1.807, 2.05) is 13.8 Å². The predicted octanol–water partition coefficient (Wildman–Crippen LogP) is -0.754. The standard InChI is InChI=1S/C6H16N4/c1-5(7)9-3-4-10-6(2)8/h3-6,9-10H,7-8H2,1-2H3/b4-3+. The Balaban J connectivity index is 3.20. The summed E-state index contributed by atoms with van der Waals surface area (Å²) in [5.74, 6) is 0. The fourth-order valence-electron chi connectivity index (χ4n) is 0.400. The normalized spacial score (nSPS) is 16.8. The van der Waals surface area contributed by atoms with E-state index in [1.165, 1.54) is 0 Å². The van der Waals surface area contributed by atoms with E-state index in [-0.39, 0.29) is 12.3 Å². The molecule has 0 aliphatic rings. The molecule has 4 nitrogen and oxygen atoms in total. The topological polar surface area (TPSA) is 76.1 Å². The molecule has 0 aromatic heterocycles. The Morgan fingerprint density at radius 1 is 1.00 bits per heavy atom. The van der Waals surface area contributed by atoms with E-state index < -0.39 is 0 Å². The van der Waals surface area contributed by atoms with Crippen molar-refractivity contribution >= 4 is 0 Å². The number of hydrogen-bond acceptors (Lipinski definition) is 4. The Labute approximate surface area is 61.7 Å². The van der Waals surface area contributed by atoms with Gasteiger partial charge in [0.1, 0.15) is 0 Å². The van der Waals surface area contributed by atoms with Crippen molar-refractivity contribution in [2.24, 2.45) is 11.5 Å². The fraction of sp³-hybridized carbons (Fsp3) is 0.667. The zero-order chi connectivity index (χ0) is 7.98. The van der Waals surface area contributed by atoms with Crippen molar-refractivity contribution in [2.45, 2.75) is 26.2 Å². The number of nitrogens with one attached hydrogen (secondary N) is 2. The molecule has 0 saturated carbocycles. The summed E-state index contributed by atoms with van der Waals surface area (Å²) in [7, 11) is 0. The highest BCUT2D eigenvalue weighted by Crippen LogP contribution is 1.68. The van der Waals surface area contributed by atoms with Gasteiger partial charge in [0.05, 0.1) is 12.3 Å². The molecule has 0 heterocycles. The van der Waals surface area contributed by atoms with Gasteiger partial charge in [-0.1, -0.05) is 0 Å². The van der Waals surface area contributed by atoms with Crippen molar-refractivity contribution < 1.29 is 0 Å². The second-order valence-electron chi connectivity index (χ2n) is 2.24. The first-order valence-electron chi connectivity index (χ1n) is 3.31. The van der Waals surface area contributed by atoms with E-state index in [9.17, 15) is 0 Å². The van der Waals surface area contributed by atoms with Crippen LogP contribution in [0.25, 0.3) is 0 Å². The van der Waals surface area contributed by atoms with Crippen LogP contribution in [0.15, 0.2) is 12.4 Å². The van der Waals surface area contributed by atoms with Gasteiger partial charge in [0.15, 0.2) is 0 Å². The highest BCUT2D eigenvalue weighted by molar-refractivity contribution is 4.79. The maximum atomic E-state index is 5.39. The van der Waals surface area contributed by atoms with E-state index >= 15 is 0 Å². The highest BCUT2D eigenvalue weighted by Gasteiger charge is 1.84. The number of rotatable bonds is 4. The Morgan fingerprint density at radius 2 is 1.30 bits per heavy atom. The molecule has 0 amide bonds. The van der Waals surface area contributed by atoms with Crippen LogP contribution in [0.4, 0.5) is 0 Å². The third kappa shape index (κ3) is 7.26. The van der Waals surface area contributed by atoms with Crippen molar-refractivity contribution in [3.05, 3.63) is 12.4 Å². The molecule has 0 aromatic rings. The van der Waals surface area contributed by atoms with Crippen LogP contribution in [0.1, 0.15) is 13.8 Å². The van der Waals surface area contributed by atoms with Crippen molar-refractivity contribution in [1.82, 2.24) is 10.6 Å². The number of nitrogens with two attached hydrogens (primary N) is 2. The predicted molar refractivity (Wildman–Crippen MR) is 42.7 cm³/mol. The average molecular weight is 144 g/mol. The third-order valence-corrected chi connectivity index (χ3v) is 0.802. The minimum Gasteiger partial charge on any atom is -0.375 e. The second kappa shape index (κ2) is 5.08. The van der Waals surface area contributed by atoms with E-state index in [2.05, 4.69) is 10.6 Å². The van der Waals surface area contributed by atoms with Gasteiger partial charge in [-0.2, -0.15) is 0 Å². The lowest BCUT2D eigenvalue weighted by molar-refractivity contribution is 0.642. The molecule has 10 heavy (non-hydrogen) atoms. The molecular weight excluding hydrogens is 128 g/mol. The van der Waals surface area contributed by atoms with Gasteiger partial charge < -0.3 is 22.1 Å². The molecule has 4 heteroatoms. The first-order chi connectivity index (χ1) is 4.63. The summed E-state index contributed by atoms with van der Waals surface area (Å²) >= 11 is 0. The molecule has 6 N–H and O–H groups in total. The molecule has 0 radical (unpaired) electrons. The van der Waals surface area contributed by atoms with Crippen LogP contribution < -0.4 is 22.1 Å². The van der Waals surface area contributed by atoms with Gasteiger partial charge in [0, 0.05) is 12.4 Å². The van der Waals surface area contributed by atoms with Crippen LogP contribution in [-0.2, 0) is 0 Å². The van der Waals surface area contributed by atoms with E-state index in [0.29, 0.717) is 0 Å². The summed E-state index contributed by atoms with van der Waals surface area (Å²) in [5, 5.41) is 5.76. The van der Waals surface area contributed by atoms with E-state index in [0.717, 1.165) is 0 Å². The van der Waals surface area contributed by atoms with Gasteiger partial charge in [-0.15, -0.1) is 0 Å². The lowest BCUT2D eigenvalue weighted by Crippen LogP contribution is -2.32. The molecule has 0 spiro atoms. The maximum absolute atomic E-state index is 5.39. The Bertz CT molecular complexity index is 85.9. The highest BCUT2D eigenvalue weighted by atomic mass is 15.0. The minimum absolute atomic E-state index is 0.0221. The lowest BCUT2D eigenvalue weighted by atomic mass is 10.6. The van der Waals surface area contributed by atoms with Gasteiger partial charge in [0.2, 0.25) is 0 Å². The van der Waals surface area contributed by atoms with Crippen molar-refractivity contribution in [2.75, 3.05) is 0 Å². The van der Waals surface area contributed by atoms with Crippen molar-refractivity contribution in [3.8, 4) is 0 Å². The first kappa shape index (κ1) is 9.26. The van der Waals surface area contributed by atoms with Crippen LogP contribution >= 0.6 is 0 Å². The second-order valence-corrected chi connectivity index (χ2v) is 2.24. The summed E-state index contributed by atoms with van der Waals surface area (Å²) in [5.41, 5.74) is 10.8. The van der Waals surface area contributed by atoms with E-state index in [4.69, 9.17) is 11.5 Å². The monoisotopic (exact) mass is 144 g/mol. The third-order valence-electron chi connectivity index (χ3n) is 0.802. The molecule has 0 saturated heterocycles. The van der Waals surface area contributed by atoms with Gasteiger partial charge >= 0.3 is 0 Å². The Morgan fingerprint density at radius 3 is 1.50 bits per heavy atom. The molecule has 0 bridgehead atoms. The molecular formula is C6H16N4. The van der Waals surface area contributed by atoms with Crippen molar-refractivity contribution in [3.63, 3.8) is 0 Å². The van der Waals surface area contributed by atoms with Crippen LogP contribution in [0.2, 0.25) is 0 Å². The molecule has 0 rings (SSSR count). The summed E-state index contributed by atoms with van der Waals surface area (Å²) in [4.78, 5) is 0. The van der Waals surface area contributed by atoms with Crippen LogP contribution in [0, 0.1) is 0 Å². The largest absolute Gasteiger partial charge is 0.375 e. The Kier molecular flexibility index (Phi) is 4.70. The fourth-order valence-corrected chi connectivity index (χ4v) is 0.400. The summed E-state index contributed by atoms with van der Waals surface area (Å²) in [6.45, 7) is 3.71. The van der Waals surface area contributed by atoms with Crippen molar-refractivity contribution in [1.29, 1.82) is 0 Å². The summed E-state index contributed by atoms with van der Waals surface area (Å²) in [6, 6.07) is 0. The smallest absolute Gasteiger partial charge is 0.0709 e. The molecule has 0 aliphatic heterocycles. The maximum Gasteiger partial charge on any atom is 0.0709 e. The van der Waals surface area contributed by atoms with Gasteiger partial charge in [-0.3, -0.25) is 0 Å². The van der Waals surface area contributed by atoms with E-state index in [1.54, 1.807) is 12.4 Å². The zero-order valence-electron chi connectivity index (χ0n) is 6.46. The Hall–Kier alpha value is -0.740. The zero-order valence-corrected chi connectivity index (χ0v) is 6.46. The molecule has 2 atom stereocenters. The lowest BCUT2D eigenvalue weighted by Gasteiger charge is -2.05. The molecule has 0 aliphatic carbocycles. The average Bonchev–Trinajstić information content (AvgIpc) is 1.79. The van der Waals surface area contributed by atoms with Gasteiger partial charge in [0.25, 0.3) is 0 Å². The van der Waals surface area contributed by atoms with Gasteiger partial charge in [-0.05, 0) is 13.8 Å². The first-order valence-corrected chi connectivity index (χ1v) is 3.31.